The van der Waals surface area contributed by atoms with Crippen LogP contribution in [0.3, 0.4) is 0 Å². The van der Waals surface area contributed by atoms with Crippen molar-refractivity contribution in [2.24, 2.45) is 4.99 Å². The summed E-state index contributed by atoms with van der Waals surface area (Å²) in [5, 5.41) is 6.17. The Hall–Kier alpha value is -1.16. The van der Waals surface area contributed by atoms with Gasteiger partial charge in [0.1, 0.15) is 5.75 Å². The average Bonchev–Trinajstić information content (AvgIpc) is 2.46. The van der Waals surface area contributed by atoms with Gasteiger partial charge in [-0.25, -0.2) is 0 Å². The minimum Gasteiger partial charge on any atom is -0.435 e. The van der Waals surface area contributed by atoms with Gasteiger partial charge in [0.2, 0.25) is 0 Å². The van der Waals surface area contributed by atoms with Crippen molar-refractivity contribution in [3.63, 3.8) is 0 Å². The molecule has 0 saturated heterocycles. The molecule has 0 heterocycles. The number of hydrogen-bond donors (Lipinski definition) is 2. The first-order chi connectivity index (χ1) is 10.2. The minimum absolute atomic E-state index is 0. The van der Waals surface area contributed by atoms with Gasteiger partial charge in [-0.15, -0.1) is 24.0 Å². The lowest BCUT2D eigenvalue weighted by Crippen LogP contribution is -2.38. The zero-order valence-corrected chi connectivity index (χ0v) is 15.0. The third-order valence-corrected chi connectivity index (χ3v) is 2.55. The van der Waals surface area contributed by atoms with E-state index in [9.17, 15) is 8.78 Å². The lowest BCUT2D eigenvalue weighted by Gasteiger charge is -2.12. The number of ether oxygens (including phenoxy) is 2. The van der Waals surface area contributed by atoms with E-state index in [0.29, 0.717) is 32.3 Å². The van der Waals surface area contributed by atoms with Gasteiger partial charge in [0.15, 0.2) is 5.96 Å². The molecule has 5 nitrogen and oxygen atoms in total. The van der Waals surface area contributed by atoms with E-state index >= 15 is 0 Å². The van der Waals surface area contributed by atoms with E-state index < -0.39 is 6.61 Å². The molecule has 0 unspecified atom stereocenters. The summed E-state index contributed by atoms with van der Waals surface area (Å²) in [6, 6.07) is 6.54. The summed E-state index contributed by atoms with van der Waals surface area (Å²) in [6.07, 6.45) is 0. The van der Waals surface area contributed by atoms with Crippen LogP contribution in [0.4, 0.5) is 8.78 Å². The van der Waals surface area contributed by atoms with Crippen molar-refractivity contribution in [2.75, 3.05) is 26.8 Å². The predicted molar refractivity (Wildman–Crippen MR) is 93.2 cm³/mol. The molecule has 0 saturated carbocycles. The maximum absolute atomic E-state index is 12.1. The van der Waals surface area contributed by atoms with Crippen LogP contribution < -0.4 is 15.4 Å². The number of benzene rings is 1. The topological polar surface area (TPSA) is 54.9 Å². The number of rotatable bonds is 8. The molecule has 126 valence electrons. The van der Waals surface area contributed by atoms with Gasteiger partial charge in [-0.05, 0) is 24.6 Å². The Bertz CT molecular complexity index is 448. The smallest absolute Gasteiger partial charge is 0.387 e. The van der Waals surface area contributed by atoms with Crippen molar-refractivity contribution >= 4 is 29.9 Å². The zero-order chi connectivity index (χ0) is 15.5. The fraction of sp³-hybridized carbons (Fsp3) is 0.500. The lowest BCUT2D eigenvalue weighted by atomic mass is 10.2. The molecule has 0 aromatic heterocycles. The Kier molecular flexibility index (Phi) is 11.7. The molecule has 0 aliphatic rings. The average molecular weight is 429 g/mol. The molecule has 0 spiro atoms. The maximum Gasteiger partial charge on any atom is 0.387 e. The van der Waals surface area contributed by atoms with Crippen LogP contribution in [0.1, 0.15) is 12.5 Å². The van der Waals surface area contributed by atoms with E-state index in [1.54, 1.807) is 19.2 Å². The Balaban J connectivity index is 0.00000441. The van der Waals surface area contributed by atoms with Crippen LogP contribution in [0.5, 0.6) is 5.75 Å². The van der Waals surface area contributed by atoms with Crippen LogP contribution in [0.15, 0.2) is 29.3 Å². The van der Waals surface area contributed by atoms with Crippen LogP contribution in [-0.4, -0.2) is 39.4 Å². The first-order valence-corrected chi connectivity index (χ1v) is 6.71. The van der Waals surface area contributed by atoms with Crippen molar-refractivity contribution < 1.29 is 18.3 Å². The molecule has 1 aromatic rings. The van der Waals surface area contributed by atoms with Crippen molar-refractivity contribution in [3.8, 4) is 5.75 Å². The third-order valence-electron chi connectivity index (χ3n) is 2.55. The molecular weight excluding hydrogens is 407 g/mol. The van der Waals surface area contributed by atoms with Gasteiger partial charge in [0, 0.05) is 26.7 Å². The fourth-order valence-electron chi connectivity index (χ4n) is 1.62. The second-order valence-electron chi connectivity index (χ2n) is 4.08. The lowest BCUT2D eigenvalue weighted by molar-refractivity contribution is -0.0498. The van der Waals surface area contributed by atoms with Crippen LogP contribution >= 0.6 is 24.0 Å². The second-order valence-corrected chi connectivity index (χ2v) is 4.08. The summed E-state index contributed by atoms with van der Waals surface area (Å²) in [6.45, 7) is 1.47. The monoisotopic (exact) mass is 429 g/mol. The number of aliphatic imine (C=N–C) groups is 1. The van der Waals surface area contributed by atoms with Crippen LogP contribution in [0.25, 0.3) is 0 Å². The minimum atomic E-state index is -2.82. The molecule has 1 aromatic carbocycles. The summed E-state index contributed by atoms with van der Waals surface area (Å²) in [5.74, 6) is 0.762. The number of nitrogens with one attached hydrogen (secondary N) is 2. The molecule has 2 N–H and O–H groups in total. The molecule has 0 amide bonds. The molecule has 0 atom stereocenters. The summed E-state index contributed by atoms with van der Waals surface area (Å²) in [5.41, 5.74) is 0.820. The largest absolute Gasteiger partial charge is 0.435 e. The highest BCUT2D eigenvalue weighted by Gasteiger charge is 2.05. The van der Waals surface area contributed by atoms with E-state index in [2.05, 4.69) is 20.4 Å². The van der Waals surface area contributed by atoms with Crippen molar-refractivity contribution in [1.82, 2.24) is 10.6 Å². The summed E-state index contributed by atoms with van der Waals surface area (Å²) in [7, 11) is 1.66. The molecule has 8 heteroatoms. The van der Waals surface area contributed by atoms with Gasteiger partial charge in [-0.2, -0.15) is 8.78 Å². The molecular formula is C14H22F2IN3O2. The van der Waals surface area contributed by atoms with Gasteiger partial charge < -0.3 is 20.1 Å². The van der Waals surface area contributed by atoms with E-state index in [1.165, 1.54) is 6.07 Å². The molecule has 1 rings (SSSR count). The Labute approximate surface area is 146 Å². The normalized spacial score (nSPS) is 11.0. The highest BCUT2D eigenvalue weighted by atomic mass is 127. The summed E-state index contributed by atoms with van der Waals surface area (Å²) in [4.78, 5) is 4.06. The summed E-state index contributed by atoms with van der Waals surface area (Å²) >= 11 is 0. The fourth-order valence-corrected chi connectivity index (χ4v) is 1.62. The van der Waals surface area contributed by atoms with Gasteiger partial charge in [-0.1, -0.05) is 12.1 Å². The maximum atomic E-state index is 12.1. The number of hydrogen-bond acceptors (Lipinski definition) is 3. The molecule has 0 fully saturated rings. The Morgan fingerprint density at radius 3 is 2.73 bits per heavy atom. The van der Waals surface area contributed by atoms with E-state index in [0.717, 1.165) is 5.56 Å². The van der Waals surface area contributed by atoms with Crippen LogP contribution in [-0.2, 0) is 11.3 Å². The third kappa shape index (κ3) is 8.98. The summed E-state index contributed by atoms with van der Waals surface area (Å²) < 4.78 is 33.9. The van der Waals surface area contributed by atoms with Gasteiger partial charge in [-0.3, -0.25) is 4.99 Å². The van der Waals surface area contributed by atoms with Gasteiger partial charge in [0.25, 0.3) is 0 Å². The number of nitrogens with zero attached hydrogens (tertiary/aromatic N) is 1. The Morgan fingerprint density at radius 1 is 1.32 bits per heavy atom. The highest BCUT2D eigenvalue weighted by molar-refractivity contribution is 14.0. The number of guanidine groups is 1. The zero-order valence-electron chi connectivity index (χ0n) is 12.6. The molecule has 0 radical (unpaired) electrons. The highest BCUT2D eigenvalue weighted by Crippen LogP contribution is 2.15. The first-order valence-electron chi connectivity index (χ1n) is 6.71. The molecule has 22 heavy (non-hydrogen) atoms. The second kappa shape index (κ2) is 12.4. The van der Waals surface area contributed by atoms with Crippen molar-refractivity contribution in [2.45, 2.75) is 20.1 Å². The predicted octanol–water partition coefficient (Wildman–Crippen LogP) is 2.61. The first kappa shape index (κ1) is 20.8. The van der Waals surface area contributed by atoms with E-state index in [4.69, 9.17) is 4.74 Å². The standard InChI is InChI=1S/C14H21F2N3O2.HI/c1-3-20-8-7-18-14(17-2)19-10-11-5-4-6-12(9-11)21-13(15)16;/h4-6,9,13H,3,7-8,10H2,1-2H3,(H2,17,18,19);1H. The van der Waals surface area contributed by atoms with Crippen molar-refractivity contribution in [1.29, 1.82) is 0 Å². The van der Waals surface area contributed by atoms with Crippen LogP contribution in [0.2, 0.25) is 0 Å². The van der Waals surface area contributed by atoms with E-state index in [-0.39, 0.29) is 29.7 Å². The number of halogens is 3. The van der Waals surface area contributed by atoms with Gasteiger partial charge in [0.05, 0.1) is 6.61 Å². The van der Waals surface area contributed by atoms with Gasteiger partial charge >= 0.3 is 6.61 Å². The molecule has 0 aliphatic heterocycles. The molecule has 0 aliphatic carbocycles. The quantitative estimate of drug-likeness (QED) is 0.289. The van der Waals surface area contributed by atoms with E-state index in [1.807, 2.05) is 13.0 Å². The number of alkyl halides is 2. The SMILES string of the molecule is CCOCCNC(=NC)NCc1cccc(OC(F)F)c1.I. The Morgan fingerprint density at radius 2 is 2.09 bits per heavy atom. The van der Waals surface area contributed by atoms with Crippen molar-refractivity contribution in [3.05, 3.63) is 29.8 Å². The van der Waals surface area contributed by atoms with Crippen LogP contribution in [0, 0.1) is 0 Å². The molecule has 0 bridgehead atoms.